The highest BCUT2D eigenvalue weighted by Crippen LogP contribution is 2.17. The summed E-state index contributed by atoms with van der Waals surface area (Å²) in [4.78, 5) is 16.7. The maximum atomic E-state index is 12.1. The van der Waals surface area contributed by atoms with Crippen LogP contribution in [0.4, 0.5) is 0 Å². The Labute approximate surface area is 155 Å². The number of nitrogens with zero attached hydrogens (tertiary/aromatic N) is 2. The second-order valence-electron chi connectivity index (χ2n) is 5.83. The molecule has 0 saturated heterocycles. The lowest BCUT2D eigenvalue weighted by molar-refractivity contribution is -0.120. The summed E-state index contributed by atoms with van der Waals surface area (Å²) < 4.78 is 8.37. The van der Waals surface area contributed by atoms with Crippen molar-refractivity contribution in [2.75, 3.05) is 6.61 Å². The van der Waals surface area contributed by atoms with Crippen molar-refractivity contribution in [2.45, 2.75) is 26.8 Å². The number of pyridine rings is 1. The molecule has 1 N–H and O–H groups in total. The van der Waals surface area contributed by atoms with Gasteiger partial charge in [0.1, 0.15) is 11.4 Å². The Balaban J connectivity index is 1.59. The van der Waals surface area contributed by atoms with Gasteiger partial charge < -0.3 is 14.5 Å². The Bertz CT molecular complexity index is 888. The molecule has 2 aromatic heterocycles. The molecule has 0 aliphatic rings. The van der Waals surface area contributed by atoms with Crippen LogP contribution in [0.15, 0.2) is 47.2 Å². The van der Waals surface area contributed by atoms with Crippen molar-refractivity contribution in [3.05, 3.63) is 64.0 Å². The van der Waals surface area contributed by atoms with Crippen molar-refractivity contribution in [1.82, 2.24) is 14.7 Å². The summed E-state index contributed by atoms with van der Waals surface area (Å²) in [5, 5.41) is 2.92. The van der Waals surface area contributed by atoms with Crippen LogP contribution in [0.1, 0.15) is 23.7 Å². The zero-order valence-electron chi connectivity index (χ0n) is 14.3. The molecule has 0 aliphatic carbocycles. The van der Waals surface area contributed by atoms with Crippen LogP contribution in [0.5, 0.6) is 5.75 Å². The van der Waals surface area contributed by atoms with Crippen molar-refractivity contribution in [2.24, 2.45) is 0 Å². The summed E-state index contributed by atoms with van der Waals surface area (Å²) in [6.07, 6.45) is 4.23. The van der Waals surface area contributed by atoms with E-state index in [1.54, 1.807) is 0 Å². The second-order valence-corrected chi connectivity index (χ2v) is 6.75. The highest BCUT2D eigenvalue weighted by molar-refractivity contribution is 9.10. The fourth-order valence-electron chi connectivity index (χ4n) is 2.67. The van der Waals surface area contributed by atoms with Crippen LogP contribution in [-0.2, 0) is 17.8 Å². The molecule has 25 heavy (non-hydrogen) atoms. The molecular weight excluding hydrogens is 382 g/mol. The van der Waals surface area contributed by atoms with Gasteiger partial charge in [-0.05, 0) is 59.1 Å². The lowest BCUT2D eigenvalue weighted by atomic mass is 10.1. The van der Waals surface area contributed by atoms with Gasteiger partial charge in [0.25, 0.3) is 0 Å². The highest BCUT2D eigenvalue weighted by atomic mass is 79.9. The van der Waals surface area contributed by atoms with E-state index in [0.717, 1.165) is 32.7 Å². The minimum atomic E-state index is -0.0286. The van der Waals surface area contributed by atoms with Crippen LogP contribution in [0.2, 0.25) is 0 Å². The number of benzene rings is 1. The summed E-state index contributed by atoms with van der Waals surface area (Å²) in [6, 6.07) is 9.62. The van der Waals surface area contributed by atoms with Gasteiger partial charge in [0.15, 0.2) is 0 Å². The Morgan fingerprint density at radius 1 is 1.28 bits per heavy atom. The molecule has 5 nitrogen and oxygen atoms in total. The molecule has 1 aromatic carbocycles. The number of hydrogen-bond acceptors (Lipinski definition) is 3. The van der Waals surface area contributed by atoms with Gasteiger partial charge >= 0.3 is 0 Å². The van der Waals surface area contributed by atoms with Crippen LogP contribution in [0, 0.1) is 6.92 Å². The minimum Gasteiger partial charge on any atom is -0.494 e. The number of rotatable bonds is 6. The summed E-state index contributed by atoms with van der Waals surface area (Å²) >= 11 is 3.48. The van der Waals surface area contributed by atoms with Crippen LogP contribution in [0.3, 0.4) is 0 Å². The topological polar surface area (TPSA) is 55.6 Å². The van der Waals surface area contributed by atoms with Crippen LogP contribution >= 0.6 is 15.9 Å². The molecule has 2 heterocycles. The number of nitrogens with one attached hydrogen (secondary N) is 1. The summed E-state index contributed by atoms with van der Waals surface area (Å²) in [7, 11) is 0. The molecule has 0 fully saturated rings. The van der Waals surface area contributed by atoms with E-state index in [4.69, 9.17) is 4.74 Å². The molecule has 3 aromatic rings. The van der Waals surface area contributed by atoms with Crippen LogP contribution in [0.25, 0.3) is 5.65 Å². The summed E-state index contributed by atoms with van der Waals surface area (Å²) in [5.41, 5.74) is 3.78. The third-order valence-corrected chi connectivity index (χ3v) is 4.25. The normalized spacial score (nSPS) is 10.8. The number of halogens is 1. The van der Waals surface area contributed by atoms with Gasteiger partial charge in [-0.3, -0.25) is 4.79 Å². The first-order valence-corrected chi connectivity index (χ1v) is 8.96. The highest BCUT2D eigenvalue weighted by Gasteiger charge is 2.08. The molecule has 0 spiro atoms. The molecule has 0 saturated carbocycles. The zero-order chi connectivity index (χ0) is 17.8. The number of aromatic nitrogens is 2. The van der Waals surface area contributed by atoms with Crippen molar-refractivity contribution in [3.63, 3.8) is 0 Å². The number of amides is 1. The standard InChI is InChI=1S/C19H20BrN3O2/c1-3-25-17-6-4-14(5-7-17)9-18(24)21-10-16-12-23-11-15(20)8-13(2)19(23)22-16/h4-8,11-12H,3,9-10H2,1-2H3,(H,21,24). The summed E-state index contributed by atoms with van der Waals surface area (Å²) in [5.74, 6) is 0.789. The van der Waals surface area contributed by atoms with Crippen molar-refractivity contribution >= 4 is 27.5 Å². The smallest absolute Gasteiger partial charge is 0.224 e. The maximum absolute atomic E-state index is 12.1. The minimum absolute atomic E-state index is 0.0286. The first-order chi connectivity index (χ1) is 12.0. The predicted molar refractivity (Wildman–Crippen MR) is 101 cm³/mol. The van der Waals surface area contributed by atoms with E-state index in [-0.39, 0.29) is 5.91 Å². The van der Waals surface area contributed by atoms with Gasteiger partial charge in [-0.1, -0.05) is 12.1 Å². The predicted octanol–water partition coefficient (Wildman–Crippen LogP) is 3.66. The number of ether oxygens (including phenoxy) is 1. The van der Waals surface area contributed by atoms with E-state index in [2.05, 4.69) is 26.2 Å². The largest absolute Gasteiger partial charge is 0.494 e. The van der Waals surface area contributed by atoms with E-state index in [9.17, 15) is 4.79 Å². The molecule has 0 unspecified atom stereocenters. The first-order valence-electron chi connectivity index (χ1n) is 8.17. The molecule has 3 rings (SSSR count). The van der Waals surface area contributed by atoms with E-state index >= 15 is 0 Å². The number of carbonyl (C=O) groups is 1. The lowest BCUT2D eigenvalue weighted by Gasteiger charge is -2.05. The molecule has 1 amide bonds. The third-order valence-electron chi connectivity index (χ3n) is 3.82. The first kappa shape index (κ1) is 17.5. The Hall–Kier alpha value is -2.34. The third kappa shape index (κ3) is 4.39. The van der Waals surface area contributed by atoms with Crippen molar-refractivity contribution < 1.29 is 9.53 Å². The molecule has 0 atom stereocenters. The lowest BCUT2D eigenvalue weighted by Crippen LogP contribution is -2.24. The number of imidazole rings is 1. The molecule has 0 aliphatic heterocycles. The van der Waals surface area contributed by atoms with Crippen LogP contribution in [-0.4, -0.2) is 21.9 Å². The van der Waals surface area contributed by atoms with Gasteiger partial charge in [-0.2, -0.15) is 0 Å². The van der Waals surface area contributed by atoms with Crippen molar-refractivity contribution in [3.8, 4) is 5.75 Å². The van der Waals surface area contributed by atoms with Gasteiger partial charge in [0, 0.05) is 16.9 Å². The number of carbonyl (C=O) groups excluding carboxylic acids is 1. The van der Waals surface area contributed by atoms with Gasteiger partial charge in [-0.15, -0.1) is 0 Å². The average molecular weight is 402 g/mol. The SMILES string of the molecule is CCOc1ccc(CC(=O)NCc2cn3cc(Br)cc(C)c3n2)cc1. The molecule has 0 radical (unpaired) electrons. The monoisotopic (exact) mass is 401 g/mol. The fourth-order valence-corrected chi connectivity index (χ4v) is 3.23. The van der Waals surface area contributed by atoms with Gasteiger partial charge in [0.2, 0.25) is 5.91 Å². The zero-order valence-corrected chi connectivity index (χ0v) is 15.8. The summed E-state index contributed by atoms with van der Waals surface area (Å²) in [6.45, 7) is 5.01. The molecule has 6 heteroatoms. The van der Waals surface area contributed by atoms with Crippen molar-refractivity contribution in [1.29, 1.82) is 0 Å². The van der Waals surface area contributed by atoms with E-state index in [1.165, 1.54) is 0 Å². The second kappa shape index (κ2) is 7.70. The average Bonchev–Trinajstić information content (AvgIpc) is 2.98. The number of hydrogen-bond donors (Lipinski definition) is 1. The Morgan fingerprint density at radius 2 is 2.04 bits per heavy atom. The fraction of sp³-hybridized carbons (Fsp3) is 0.263. The Kier molecular flexibility index (Phi) is 5.38. The van der Waals surface area contributed by atoms with E-state index in [0.29, 0.717) is 19.6 Å². The number of aryl methyl sites for hydroxylation is 1. The Morgan fingerprint density at radius 3 is 2.76 bits per heavy atom. The van der Waals surface area contributed by atoms with Gasteiger partial charge in [-0.25, -0.2) is 4.98 Å². The number of fused-ring (bicyclic) bond motifs is 1. The molecule has 0 bridgehead atoms. The van der Waals surface area contributed by atoms with E-state index in [1.807, 2.05) is 61.0 Å². The molecule has 130 valence electrons. The van der Waals surface area contributed by atoms with Crippen LogP contribution < -0.4 is 10.1 Å². The maximum Gasteiger partial charge on any atom is 0.224 e. The molecular formula is C19H20BrN3O2. The van der Waals surface area contributed by atoms with Gasteiger partial charge in [0.05, 0.1) is 25.3 Å². The quantitative estimate of drug-likeness (QED) is 0.685. The van der Waals surface area contributed by atoms with E-state index < -0.39 is 0 Å².